The summed E-state index contributed by atoms with van der Waals surface area (Å²) in [5.74, 6) is 0. The molecule has 0 aliphatic carbocycles. The van der Waals surface area contributed by atoms with Gasteiger partial charge in [0.05, 0.1) is 62.7 Å². The molecule has 0 saturated heterocycles. The zero-order valence-electron chi connectivity index (χ0n) is 26.7. The van der Waals surface area contributed by atoms with Gasteiger partial charge in [0.25, 0.3) is 0 Å². The van der Waals surface area contributed by atoms with Gasteiger partial charge in [-0.05, 0) is 83.4 Å². The minimum atomic E-state index is 0.563. The van der Waals surface area contributed by atoms with E-state index in [-0.39, 0.29) is 0 Å². The normalized spacial score (nSPS) is 11.1. The molecule has 0 atom stereocenters. The Labute approximate surface area is 287 Å². The van der Waals surface area contributed by atoms with Crippen LogP contribution >= 0.6 is 0 Å². The second kappa shape index (κ2) is 11.4. The van der Waals surface area contributed by atoms with Gasteiger partial charge in [-0.15, -0.1) is 0 Å². The minimum absolute atomic E-state index is 0.563. The quantitative estimate of drug-likeness (QED) is 0.193. The maximum atomic E-state index is 9.91. The molecule has 0 aliphatic heterocycles. The van der Waals surface area contributed by atoms with Gasteiger partial charge in [0.1, 0.15) is 0 Å². The van der Waals surface area contributed by atoms with Crippen LogP contribution in [0.15, 0.2) is 152 Å². The van der Waals surface area contributed by atoms with Crippen molar-refractivity contribution in [3.8, 4) is 51.8 Å². The number of nitriles is 3. The maximum Gasteiger partial charge on any atom is 0.0992 e. The third-order valence-electron chi connectivity index (χ3n) is 9.61. The topological polar surface area (TPSA) is 81.2 Å². The first-order valence-electron chi connectivity index (χ1n) is 16.3. The van der Waals surface area contributed by atoms with Gasteiger partial charge >= 0.3 is 0 Å². The first-order valence-corrected chi connectivity index (χ1v) is 16.3. The van der Waals surface area contributed by atoms with Crippen LogP contribution in [-0.2, 0) is 0 Å². The molecule has 9 aromatic rings. The third-order valence-corrected chi connectivity index (χ3v) is 9.61. The molecular formula is C45H25N5. The van der Waals surface area contributed by atoms with Gasteiger partial charge in [-0.1, -0.05) is 84.9 Å². The second-order valence-corrected chi connectivity index (χ2v) is 12.4. The van der Waals surface area contributed by atoms with Crippen LogP contribution in [0.2, 0.25) is 0 Å². The van der Waals surface area contributed by atoms with Crippen molar-refractivity contribution in [1.82, 2.24) is 9.13 Å². The summed E-state index contributed by atoms with van der Waals surface area (Å²) in [6, 6.07) is 58.0. The van der Waals surface area contributed by atoms with Gasteiger partial charge < -0.3 is 9.13 Å². The summed E-state index contributed by atoms with van der Waals surface area (Å²) >= 11 is 0. The van der Waals surface area contributed by atoms with Crippen molar-refractivity contribution in [3.05, 3.63) is 168 Å². The highest BCUT2D eigenvalue weighted by Crippen LogP contribution is 2.38. The lowest BCUT2D eigenvalue weighted by Gasteiger charge is -2.15. The summed E-state index contributed by atoms with van der Waals surface area (Å²) in [7, 11) is 0. The fraction of sp³-hybridized carbons (Fsp3) is 0. The van der Waals surface area contributed by atoms with E-state index in [1.807, 2.05) is 78.9 Å². The molecule has 2 aromatic heterocycles. The highest BCUT2D eigenvalue weighted by Gasteiger charge is 2.18. The predicted octanol–water partition coefficient (Wildman–Crippen LogP) is 10.8. The molecule has 2 heterocycles. The molecule has 0 unspecified atom stereocenters. The lowest BCUT2D eigenvalue weighted by Crippen LogP contribution is -1.98. The number of hydrogen-bond acceptors (Lipinski definition) is 3. The Morgan fingerprint density at radius 1 is 0.360 bits per heavy atom. The molecule has 230 valence electrons. The van der Waals surface area contributed by atoms with E-state index in [4.69, 9.17) is 0 Å². The maximum absolute atomic E-state index is 9.91. The van der Waals surface area contributed by atoms with Crippen LogP contribution in [0.3, 0.4) is 0 Å². The van der Waals surface area contributed by atoms with Crippen LogP contribution < -0.4 is 0 Å². The Hall–Kier alpha value is -7.39. The van der Waals surface area contributed by atoms with E-state index in [0.29, 0.717) is 16.7 Å². The summed E-state index contributed by atoms with van der Waals surface area (Å²) < 4.78 is 4.43. The number of nitrogens with zero attached hydrogens (tertiary/aromatic N) is 5. The molecule has 0 bridgehead atoms. The van der Waals surface area contributed by atoms with Gasteiger partial charge in [-0.2, -0.15) is 15.8 Å². The summed E-state index contributed by atoms with van der Waals surface area (Å²) in [4.78, 5) is 0. The Kier molecular flexibility index (Phi) is 6.56. The van der Waals surface area contributed by atoms with Crippen LogP contribution in [0.5, 0.6) is 0 Å². The lowest BCUT2D eigenvalue weighted by atomic mass is 9.97. The molecule has 0 N–H and O–H groups in total. The van der Waals surface area contributed by atoms with Gasteiger partial charge in [0.15, 0.2) is 0 Å². The van der Waals surface area contributed by atoms with E-state index in [0.717, 1.165) is 77.2 Å². The van der Waals surface area contributed by atoms with Crippen molar-refractivity contribution in [2.24, 2.45) is 0 Å². The summed E-state index contributed by atoms with van der Waals surface area (Å²) in [5.41, 5.74) is 11.9. The monoisotopic (exact) mass is 635 g/mol. The van der Waals surface area contributed by atoms with Crippen LogP contribution in [0.25, 0.3) is 77.2 Å². The highest BCUT2D eigenvalue weighted by molar-refractivity contribution is 6.11. The molecular weight excluding hydrogens is 611 g/mol. The fourth-order valence-electron chi connectivity index (χ4n) is 7.32. The number of hydrogen-bond donors (Lipinski definition) is 0. The van der Waals surface area contributed by atoms with Crippen LogP contribution in [-0.4, -0.2) is 9.13 Å². The summed E-state index contributed by atoms with van der Waals surface area (Å²) in [6.07, 6.45) is 0. The molecule has 0 fully saturated rings. The Balaban J connectivity index is 1.17. The van der Waals surface area contributed by atoms with Crippen LogP contribution in [0.4, 0.5) is 0 Å². The molecule has 0 saturated carbocycles. The Morgan fingerprint density at radius 2 is 0.940 bits per heavy atom. The Morgan fingerprint density at radius 3 is 1.70 bits per heavy atom. The molecule has 9 rings (SSSR count). The molecule has 7 aromatic carbocycles. The lowest BCUT2D eigenvalue weighted by molar-refractivity contribution is 1.18. The van der Waals surface area contributed by atoms with Crippen molar-refractivity contribution >= 4 is 43.6 Å². The smallest absolute Gasteiger partial charge is 0.0992 e. The van der Waals surface area contributed by atoms with E-state index < -0.39 is 0 Å². The second-order valence-electron chi connectivity index (χ2n) is 12.4. The van der Waals surface area contributed by atoms with Crippen molar-refractivity contribution in [2.45, 2.75) is 0 Å². The summed E-state index contributed by atoms with van der Waals surface area (Å²) in [5, 5.41) is 33.5. The molecule has 5 nitrogen and oxygen atoms in total. The van der Waals surface area contributed by atoms with Gasteiger partial charge in [-0.3, -0.25) is 0 Å². The minimum Gasteiger partial charge on any atom is -0.309 e. The predicted molar refractivity (Wildman–Crippen MR) is 200 cm³/mol. The van der Waals surface area contributed by atoms with Crippen molar-refractivity contribution in [3.63, 3.8) is 0 Å². The number of rotatable bonds is 4. The summed E-state index contributed by atoms with van der Waals surface area (Å²) in [6.45, 7) is 0. The number of fused-ring (bicyclic) bond motifs is 6. The standard InChI is InChI=1S/C45H25N5/c46-26-29-14-21-43-40(22-29)38-9-2-3-10-41(38)49(43)35-7-5-6-34(25-35)32-15-17-33(18-16-32)36-19-12-30(27-47)23-44(36)50-42-11-4-1-8-37(42)39-20-13-31(28-48)24-45(39)50/h1-25H. The van der Waals surface area contributed by atoms with Gasteiger partial charge in [0, 0.05) is 32.8 Å². The van der Waals surface area contributed by atoms with Crippen LogP contribution in [0, 0.1) is 34.0 Å². The van der Waals surface area contributed by atoms with E-state index >= 15 is 0 Å². The largest absolute Gasteiger partial charge is 0.309 e. The zero-order chi connectivity index (χ0) is 33.8. The molecule has 0 spiro atoms. The van der Waals surface area contributed by atoms with E-state index in [9.17, 15) is 15.8 Å². The van der Waals surface area contributed by atoms with Crippen LogP contribution in [0.1, 0.15) is 16.7 Å². The molecule has 0 aliphatic rings. The molecule has 5 heteroatoms. The first-order chi connectivity index (χ1) is 24.6. The van der Waals surface area contributed by atoms with Crippen molar-refractivity contribution in [1.29, 1.82) is 15.8 Å². The SMILES string of the molecule is N#Cc1ccc(-c2ccc(-c3cccc(-n4c5ccccc5c5cc(C#N)ccc54)c3)cc2)c(-n2c3ccccc3c3ccc(C#N)cc32)c1. The average molecular weight is 636 g/mol. The number of benzene rings is 7. The molecule has 50 heavy (non-hydrogen) atoms. The molecule has 0 amide bonds. The van der Waals surface area contributed by atoms with E-state index in [1.54, 1.807) is 0 Å². The Bertz CT molecular complexity index is 2960. The first kappa shape index (κ1) is 28.8. The third kappa shape index (κ3) is 4.45. The fourth-order valence-corrected chi connectivity index (χ4v) is 7.32. The molecule has 0 radical (unpaired) electrons. The van der Waals surface area contributed by atoms with E-state index in [2.05, 4.69) is 100 Å². The zero-order valence-corrected chi connectivity index (χ0v) is 26.7. The number of aromatic nitrogens is 2. The van der Waals surface area contributed by atoms with Gasteiger partial charge in [0.2, 0.25) is 0 Å². The number of para-hydroxylation sites is 2. The van der Waals surface area contributed by atoms with Gasteiger partial charge in [-0.25, -0.2) is 0 Å². The van der Waals surface area contributed by atoms with E-state index in [1.165, 1.54) is 0 Å². The van der Waals surface area contributed by atoms with Crippen molar-refractivity contribution < 1.29 is 0 Å². The van der Waals surface area contributed by atoms with Crippen molar-refractivity contribution in [2.75, 3.05) is 0 Å². The average Bonchev–Trinajstić information content (AvgIpc) is 3.69. The highest BCUT2D eigenvalue weighted by atomic mass is 15.0.